The van der Waals surface area contributed by atoms with Gasteiger partial charge < -0.3 is 5.32 Å². The number of hydrogen-bond donors (Lipinski definition) is 1. The van der Waals surface area contributed by atoms with Gasteiger partial charge in [0.05, 0.1) is 17.6 Å². The van der Waals surface area contributed by atoms with Crippen LogP contribution < -0.4 is 5.32 Å². The maximum Gasteiger partial charge on any atom is 0.253 e. The summed E-state index contributed by atoms with van der Waals surface area (Å²) in [6, 6.07) is 5.18. The molecule has 0 aliphatic rings. The minimum atomic E-state index is -0.314. The number of carbonyl (C=O) groups excluding carboxylic acids is 2. The first-order valence-corrected chi connectivity index (χ1v) is 5.16. The zero-order valence-corrected chi connectivity index (χ0v) is 9.30. The zero-order valence-electron chi connectivity index (χ0n) is 9.30. The molecule has 0 bridgehead atoms. The lowest BCUT2D eigenvalue weighted by molar-refractivity contribution is -0.116. The smallest absolute Gasteiger partial charge is 0.253 e. The van der Waals surface area contributed by atoms with E-state index in [2.05, 4.69) is 15.3 Å². The quantitative estimate of drug-likeness (QED) is 0.850. The average Bonchev–Trinajstić information content (AvgIpc) is 2.35. The Morgan fingerprint density at radius 2 is 2.00 bits per heavy atom. The van der Waals surface area contributed by atoms with Crippen molar-refractivity contribution in [1.82, 2.24) is 15.3 Å². The molecule has 17 heavy (non-hydrogen) atoms. The van der Waals surface area contributed by atoms with Gasteiger partial charge in [-0.2, -0.15) is 0 Å². The van der Waals surface area contributed by atoms with Gasteiger partial charge in [0.2, 0.25) is 0 Å². The number of ketones is 1. The molecule has 1 aromatic heterocycles. The van der Waals surface area contributed by atoms with Crippen molar-refractivity contribution in [3.8, 4) is 0 Å². The molecule has 0 aliphatic carbocycles. The van der Waals surface area contributed by atoms with Crippen molar-refractivity contribution in [1.29, 1.82) is 0 Å². The molecule has 0 radical (unpaired) electrons. The summed E-state index contributed by atoms with van der Waals surface area (Å²) in [7, 11) is 0. The SMILES string of the molecule is CC(=O)CNC(=O)c1cccc2nccnc12. The first-order valence-electron chi connectivity index (χ1n) is 5.16. The largest absolute Gasteiger partial charge is 0.345 e. The van der Waals surface area contributed by atoms with Gasteiger partial charge in [0.15, 0.2) is 0 Å². The van der Waals surface area contributed by atoms with Crippen LogP contribution in [0.1, 0.15) is 17.3 Å². The van der Waals surface area contributed by atoms with E-state index in [0.717, 1.165) is 0 Å². The number of Topliss-reactive ketones (excluding diaryl/α,β-unsaturated/α-hetero) is 1. The van der Waals surface area contributed by atoms with Gasteiger partial charge in [0.25, 0.3) is 5.91 Å². The van der Waals surface area contributed by atoms with Gasteiger partial charge in [-0.3, -0.25) is 19.6 Å². The lowest BCUT2D eigenvalue weighted by atomic mass is 10.1. The third kappa shape index (κ3) is 2.44. The lowest BCUT2D eigenvalue weighted by Gasteiger charge is -2.05. The fourth-order valence-corrected chi connectivity index (χ4v) is 1.48. The number of carbonyl (C=O) groups is 2. The highest BCUT2D eigenvalue weighted by Gasteiger charge is 2.11. The number of nitrogens with zero attached hydrogens (tertiary/aromatic N) is 2. The highest BCUT2D eigenvalue weighted by molar-refractivity contribution is 6.05. The van der Waals surface area contributed by atoms with Crippen LogP contribution in [0.2, 0.25) is 0 Å². The number of aromatic nitrogens is 2. The van der Waals surface area contributed by atoms with E-state index < -0.39 is 0 Å². The molecule has 1 heterocycles. The first kappa shape index (κ1) is 11.2. The van der Waals surface area contributed by atoms with E-state index in [1.165, 1.54) is 13.1 Å². The van der Waals surface area contributed by atoms with Gasteiger partial charge in [-0.15, -0.1) is 0 Å². The van der Waals surface area contributed by atoms with Gasteiger partial charge in [-0.25, -0.2) is 0 Å². The number of benzene rings is 1. The molecule has 5 nitrogen and oxygen atoms in total. The first-order chi connectivity index (χ1) is 8.18. The molecular formula is C12H11N3O2. The molecule has 1 N–H and O–H groups in total. The number of amides is 1. The van der Waals surface area contributed by atoms with Gasteiger partial charge in [-0.05, 0) is 19.1 Å². The van der Waals surface area contributed by atoms with Crippen molar-refractivity contribution in [3.05, 3.63) is 36.2 Å². The van der Waals surface area contributed by atoms with Gasteiger partial charge in [0, 0.05) is 12.4 Å². The van der Waals surface area contributed by atoms with E-state index in [0.29, 0.717) is 16.6 Å². The third-order valence-electron chi connectivity index (χ3n) is 2.24. The Kier molecular flexibility index (Phi) is 3.09. The third-order valence-corrected chi connectivity index (χ3v) is 2.24. The van der Waals surface area contributed by atoms with Crippen LogP contribution in [0.25, 0.3) is 11.0 Å². The molecule has 0 aliphatic heterocycles. The molecule has 0 fully saturated rings. The van der Waals surface area contributed by atoms with Gasteiger partial charge in [0.1, 0.15) is 11.3 Å². The Balaban J connectivity index is 2.35. The molecule has 2 aromatic rings. The molecule has 1 aromatic carbocycles. The highest BCUT2D eigenvalue weighted by Crippen LogP contribution is 2.13. The Morgan fingerprint density at radius 1 is 1.24 bits per heavy atom. The Bertz CT molecular complexity index is 575. The van der Waals surface area contributed by atoms with Crippen LogP contribution in [0.5, 0.6) is 0 Å². The molecular weight excluding hydrogens is 218 g/mol. The molecule has 5 heteroatoms. The van der Waals surface area contributed by atoms with E-state index in [1.54, 1.807) is 24.4 Å². The highest BCUT2D eigenvalue weighted by atomic mass is 16.2. The monoisotopic (exact) mass is 229 g/mol. The number of hydrogen-bond acceptors (Lipinski definition) is 4. The van der Waals surface area contributed by atoms with E-state index >= 15 is 0 Å². The van der Waals surface area contributed by atoms with Crippen molar-refractivity contribution < 1.29 is 9.59 Å². The van der Waals surface area contributed by atoms with Crippen LogP contribution in [0.4, 0.5) is 0 Å². The topological polar surface area (TPSA) is 72.0 Å². The lowest BCUT2D eigenvalue weighted by Crippen LogP contribution is -2.28. The minimum Gasteiger partial charge on any atom is -0.345 e. The summed E-state index contributed by atoms with van der Waals surface area (Å²) in [5, 5.41) is 2.53. The summed E-state index contributed by atoms with van der Waals surface area (Å²) in [5.74, 6) is -0.407. The number of nitrogens with one attached hydrogen (secondary N) is 1. The fourth-order valence-electron chi connectivity index (χ4n) is 1.48. The summed E-state index contributed by atoms with van der Waals surface area (Å²) in [6.07, 6.45) is 3.10. The van der Waals surface area contributed by atoms with Crippen LogP contribution >= 0.6 is 0 Å². The summed E-state index contributed by atoms with van der Waals surface area (Å²) >= 11 is 0. The predicted octanol–water partition coefficient (Wildman–Crippen LogP) is 0.949. The van der Waals surface area contributed by atoms with Crippen molar-refractivity contribution in [2.45, 2.75) is 6.92 Å². The summed E-state index contributed by atoms with van der Waals surface area (Å²) in [6.45, 7) is 1.44. The van der Waals surface area contributed by atoms with Gasteiger partial charge >= 0.3 is 0 Å². The number of fused-ring (bicyclic) bond motifs is 1. The van der Waals surface area contributed by atoms with Crippen molar-refractivity contribution in [2.24, 2.45) is 0 Å². The standard InChI is InChI=1S/C12H11N3O2/c1-8(16)7-15-12(17)9-3-2-4-10-11(9)14-6-5-13-10/h2-6H,7H2,1H3,(H,15,17). The fraction of sp³-hybridized carbons (Fsp3) is 0.167. The van der Waals surface area contributed by atoms with E-state index in [9.17, 15) is 9.59 Å². The maximum absolute atomic E-state index is 11.8. The minimum absolute atomic E-state index is 0.0233. The molecule has 0 saturated heterocycles. The average molecular weight is 229 g/mol. The Morgan fingerprint density at radius 3 is 2.76 bits per heavy atom. The zero-order chi connectivity index (χ0) is 12.3. The molecule has 0 unspecified atom stereocenters. The second kappa shape index (κ2) is 4.69. The molecule has 1 amide bonds. The van der Waals surface area contributed by atoms with Crippen LogP contribution in [-0.2, 0) is 4.79 Å². The molecule has 0 atom stereocenters. The number of rotatable bonds is 3. The molecule has 0 saturated carbocycles. The second-order valence-corrected chi connectivity index (χ2v) is 3.61. The summed E-state index contributed by atoms with van der Waals surface area (Å²) < 4.78 is 0. The predicted molar refractivity (Wildman–Crippen MR) is 62.6 cm³/mol. The summed E-state index contributed by atoms with van der Waals surface area (Å²) in [4.78, 5) is 30.9. The Hall–Kier alpha value is -2.30. The Labute approximate surface area is 97.9 Å². The van der Waals surface area contributed by atoms with Crippen molar-refractivity contribution in [2.75, 3.05) is 6.54 Å². The molecule has 0 spiro atoms. The van der Waals surface area contributed by atoms with E-state index in [1.807, 2.05) is 0 Å². The van der Waals surface area contributed by atoms with Crippen molar-refractivity contribution in [3.63, 3.8) is 0 Å². The second-order valence-electron chi connectivity index (χ2n) is 3.61. The molecule has 86 valence electrons. The maximum atomic E-state index is 11.8. The van der Waals surface area contributed by atoms with Crippen LogP contribution in [0.15, 0.2) is 30.6 Å². The van der Waals surface area contributed by atoms with Gasteiger partial charge in [-0.1, -0.05) is 6.07 Å². The van der Waals surface area contributed by atoms with Crippen LogP contribution in [0.3, 0.4) is 0 Å². The summed E-state index contributed by atoms with van der Waals surface area (Å²) in [5.41, 5.74) is 1.62. The van der Waals surface area contributed by atoms with Crippen LogP contribution in [0, 0.1) is 0 Å². The normalized spacial score (nSPS) is 10.2. The van der Waals surface area contributed by atoms with E-state index in [-0.39, 0.29) is 18.2 Å². The number of para-hydroxylation sites is 1. The van der Waals surface area contributed by atoms with Crippen molar-refractivity contribution >= 4 is 22.7 Å². The van der Waals surface area contributed by atoms with Crippen LogP contribution in [-0.4, -0.2) is 28.2 Å². The molecule has 2 rings (SSSR count). The van der Waals surface area contributed by atoms with E-state index in [4.69, 9.17) is 0 Å².